The highest BCUT2D eigenvalue weighted by Gasteiger charge is 2.13. The SMILES string of the molecule is NC(=O)C[C@H](N)C(=O)O.N[C@@H](CO)C(=O)O. The molecule has 1 amide bonds. The Balaban J connectivity index is 0. The normalized spacial score (nSPS) is 12.9. The van der Waals surface area contributed by atoms with Crippen molar-refractivity contribution in [2.45, 2.75) is 18.5 Å². The molecule has 0 spiro atoms. The largest absolute Gasteiger partial charge is 0.480 e. The molecule has 0 fully saturated rings. The molecule has 0 aliphatic heterocycles. The van der Waals surface area contributed by atoms with Crippen molar-refractivity contribution in [2.24, 2.45) is 17.2 Å². The number of nitrogens with two attached hydrogens (primary N) is 3. The van der Waals surface area contributed by atoms with E-state index in [9.17, 15) is 14.4 Å². The van der Waals surface area contributed by atoms with Crippen molar-refractivity contribution in [3.63, 3.8) is 0 Å². The van der Waals surface area contributed by atoms with Crippen molar-refractivity contribution >= 4 is 17.8 Å². The third kappa shape index (κ3) is 10.4. The lowest BCUT2D eigenvalue weighted by Crippen LogP contribution is -2.34. The smallest absolute Gasteiger partial charge is 0.322 e. The fraction of sp³-hybridized carbons (Fsp3) is 0.571. The van der Waals surface area contributed by atoms with Gasteiger partial charge in [0.05, 0.1) is 13.0 Å². The van der Waals surface area contributed by atoms with E-state index in [4.69, 9.17) is 26.8 Å². The summed E-state index contributed by atoms with van der Waals surface area (Å²) in [4.78, 5) is 29.5. The molecule has 0 aliphatic carbocycles. The summed E-state index contributed by atoms with van der Waals surface area (Å²) >= 11 is 0. The van der Waals surface area contributed by atoms with Gasteiger partial charge < -0.3 is 32.5 Å². The third-order valence-corrected chi connectivity index (χ3v) is 1.25. The maximum atomic E-state index is 9.99. The van der Waals surface area contributed by atoms with E-state index in [-0.39, 0.29) is 6.42 Å². The highest BCUT2D eigenvalue weighted by Crippen LogP contribution is 1.84. The van der Waals surface area contributed by atoms with Crippen molar-refractivity contribution in [3.05, 3.63) is 0 Å². The second-order valence-corrected chi connectivity index (χ2v) is 2.74. The molecule has 9 nitrogen and oxygen atoms in total. The van der Waals surface area contributed by atoms with Crippen molar-refractivity contribution in [2.75, 3.05) is 6.61 Å². The van der Waals surface area contributed by atoms with Crippen LogP contribution < -0.4 is 17.2 Å². The second-order valence-electron chi connectivity index (χ2n) is 2.74. The van der Waals surface area contributed by atoms with E-state index >= 15 is 0 Å². The quantitative estimate of drug-likeness (QED) is 0.286. The minimum Gasteiger partial charge on any atom is -0.480 e. The zero-order valence-corrected chi connectivity index (χ0v) is 8.37. The molecule has 9 N–H and O–H groups in total. The van der Waals surface area contributed by atoms with E-state index in [0.29, 0.717) is 0 Å². The maximum Gasteiger partial charge on any atom is 0.322 e. The average Bonchev–Trinajstić information content (AvgIpc) is 2.16. The number of hydrogen-bond donors (Lipinski definition) is 6. The Morgan fingerprint density at radius 3 is 1.44 bits per heavy atom. The molecular formula is C7H15N3O6. The standard InChI is InChI=1S/C4H8N2O3.C3H7NO3/c5-2(4(8)9)1-3(6)7;4-2(1-5)3(6)7/h2H,1,5H2,(H2,6,7)(H,8,9);2,5H,1,4H2,(H,6,7)/t2*2-/m00/s1. The molecule has 0 saturated carbocycles. The zero-order valence-electron chi connectivity index (χ0n) is 8.37. The topological polar surface area (TPSA) is 190 Å². The number of aliphatic carboxylic acids is 2. The van der Waals surface area contributed by atoms with Crippen molar-refractivity contribution < 1.29 is 29.7 Å². The van der Waals surface area contributed by atoms with E-state index in [0.717, 1.165) is 0 Å². The Kier molecular flexibility index (Phi) is 8.97. The van der Waals surface area contributed by atoms with Crippen LogP contribution in [0.4, 0.5) is 0 Å². The number of aliphatic hydroxyl groups is 1. The molecule has 0 unspecified atom stereocenters. The number of aliphatic hydroxyl groups excluding tert-OH is 1. The lowest BCUT2D eigenvalue weighted by molar-refractivity contribution is -0.140. The van der Waals surface area contributed by atoms with Crippen LogP contribution in [0.5, 0.6) is 0 Å². The summed E-state index contributed by atoms with van der Waals surface area (Å²) in [5.74, 6) is -3.10. The van der Waals surface area contributed by atoms with Gasteiger partial charge in [-0.3, -0.25) is 14.4 Å². The number of carbonyl (C=O) groups excluding carboxylic acids is 1. The molecular weight excluding hydrogens is 222 g/mol. The first-order valence-corrected chi connectivity index (χ1v) is 4.08. The number of carboxylic acids is 2. The molecule has 2 atom stereocenters. The Morgan fingerprint density at radius 1 is 1.00 bits per heavy atom. The molecule has 0 bridgehead atoms. The third-order valence-electron chi connectivity index (χ3n) is 1.25. The number of amides is 1. The predicted molar refractivity (Wildman–Crippen MR) is 52.1 cm³/mol. The molecule has 16 heavy (non-hydrogen) atoms. The van der Waals surface area contributed by atoms with Gasteiger partial charge in [-0.25, -0.2) is 0 Å². The van der Waals surface area contributed by atoms with Crippen LogP contribution in [-0.2, 0) is 14.4 Å². The summed E-state index contributed by atoms with van der Waals surface area (Å²) in [7, 11) is 0. The van der Waals surface area contributed by atoms with Gasteiger partial charge in [0.25, 0.3) is 0 Å². The summed E-state index contributed by atoms with van der Waals surface area (Å²) in [5, 5.41) is 24.0. The summed E-state index contributed by atoms with van der Waals surface area (Å²) in [5.41, 5.74) is 14.3. The molecule has 0 aliphatic rings. The predicted octanol–water partition coefficient (Wildman–Crippen LogP) is -3.34. The van der Waals surface area contributed by atoms with Crippen LogP contribution in [-0.4, -0.2) is 51.9 Å². The first kappa shape index (κ1) is 16.7. The fourth-order valence-electron chi connectivity index (χ4n) is 0.382. The summed E-state index contributed by atoms with van der Waals surface area (Å²) in [6.45, 7) is -0.505. The van der Waals surface area contributed by atoms with Crippen LogP contribution in [0.3, 0.4) is 0 Å². The lowest BCUT2D eigenvalue weighted by atomic mass is 10.2. The Morgan fingerprint density at radius 2 is 1.38 bits per heavy atom. The molecule has 0 aromatic carbocycles. The minimum absolute atomic E-state index is 0.310. The summed E-state index contributed by atoms with van der Waals surface area (Å²) < 4.78 is 0. The Hall–Kier alpha value is -1.71. The summed E-state index contributed by atoms with van der Waals surface area (Å²) in [6.07, 6.45) is -0.310. The van der Waals surface area contributed by atoms with Crippen molar-refractivity contribution in [3.8, 4) is 0 Å². The molecule has 9 heteroatoms. The van der Waals surface area contributed by atoms with Crippen LogP contribution in [0.25, 0.3) is 0 Å². The lowest BCUT2D eigenvalue weighted by Gasteiger charge is -1.99. The van der Waals surface area contributed by atoms with Gasteiger partial charge in [0, 0.05) is 0 Å². The van der Waals surface area contributed by atoms with E-state index in [1.165, 1.54) is 0 Å². The van der Waals surface area contributed by atoms with Gasteiger partial charge in [-0.1, -0.05) is 0 Å². The molecule has 0 heterocycles. The van der Waals surface area contributed by atoms with Gasteiger partial charge in [0.2, 0.25) is 5.91 Å². The van der Waals surface area contributed by atoms with Crippen LogP contribution >= 0.6 is 0 Å². The van der Waals surface area contributed by atoms with Gasteiger partial charge in [-0.15, -0.1) is 0 Å². The average molecular weight is 237 g/mol. The number of hydrogen-bond acceptors (Lipinski definition) is 6. The van der Waals surface area contributed by atoms with Crippen LogP contribution in [0.15, 0.2) is 0 Å². The van der Waals surface area contributed by atoms with Crippen LogP contribution in [0.2, 0.25) is 0 Å². The number of carbonyl (C=O) groups is 3. The molecule has 0 saturated heterocycles. The molecule has 0 aromatic rings. The number of carboxylic acid groups (broad SMARTS) is 2. The van der Waals surface area contributed by atoms with Gasteiger partial charge in [-0.05, 0) is 0 Å². The van der Waals surface area contributed by atoms with E-state index < -0.39 is 36.5 Å². The van der Waals surface area contributed by atoms with Crippen LogP contribution in [0, 0.1) is 0 Å². The van der Waals surface area contributed by atoms with Crippen molar-refractivity contribution in [1.29, 1.82) is 0 Å². The Bertz CT molecular complexity index is 257. The van der Waals surface area contributed by atoms with Crippen LogP contribution in [0.1, 0.15) is 6.42 Å². The fourth-order valence-corrected chi connectivity index (χ4v) is 0.382. The highest BCUT2D eigenvalue weighted by atomic mass is 16.4. The van der Waals surface area contributed by atoms with Crippen molar-refractivity contribution in [1.82, 2.24) is 0 Å². The van der Waals surface area contributed by atoms with E-state index in [2.05, 4.69) is 5.73 Å². The number of rotatable bonds is 5. The first-order chi connectivity index (χ1) is 7.22. The summed E-state index contributed by atoms with van der Waals surface area (Å²) in [6, 6.07) is -2.29. The van der Waals surface area contributed by atoms with Gasteiger partial charge in [0.15, 0.2) is 0 Å². The van der Waals surface area contributed by atoms with Gasteiger partial charge >= 0.3 is 11.9 Å². The first-order valence-electron chi connectivity index (χ1n) is 4.08. The monoisotopic (exact) mass is 237 g/mol. The second kappa shape index (κ2) is 8.59. The maximum absolute atomic E-state index is 9.99. The number of primary amides is 1. The molecule has 0 aromatic heterocycles. The zero-order chi connectivity index (χ0) is 13.3. The molecule has 94 valence electrons. The van der Waals surface area contributed by atoms with Gasteiger partial charge in [0.1, 0.15) is 12.1 Å². The Labute approximate surface area is 90.8 Å². The highest BCUT2D eigenvalue weighted by molar-refractivity contribution is 5.83. The molecule has 0 radical (unpaired) electrons. The van der Waals surface area contributed by atoms with Gasteiger partial charge in [-0.2, -0.15) is 0 Å². The van der Waals surface area contributed by atoms with E-state index in [1.54, 1.807) is 0 Å². The minimum atomic E-state index is -1.21. The molecule has 0 rings (SSSR count). The van der Waals surface area contributed by atoms with E-state index in [1.807, 2.05) is 0 Å².